The molecule has 1 aliphatic rings. The summed E-state index contributed by atoms with van der Waals surface area (Å²) in [6.45, 7) is 2.13. The summed E-state index contributed by atoms with van der Waals surface area (Å²) in [6, 6.07) is 6.71. The second-order valence-corrected chi connectivity index (χ2v) is 6.19. The van der Waals surface area contributed by atoms with Crippen molar-refractivity contribution in [1.82, 2.24) is 5.32 Å². The Bertz CT molecular complexity index is 413. The molecule has 17 heavy (non-hydrogen) atoms. The first kappa shape index (κ1) is 12.8. The number of rotatable bonds is 5. The van der Waals surface area contributed by atoms with E-state index < -0.39 is 10.8 Å². The summed E-state index contributed by atoms with van der Waals surface area (Å²) in [5.41, 5.74) is 2.86. The van der Waals surface area contributed by atoms with Crippen molar-refractivity contribution in [2.45, 2.75) is 43.5 Å². The van der Waals surface area contributed by atoms with Crippen LogP contribution in [0.5, 0.6) is 0 Å². The average Bonchev–Trinajstić information content (AvgIpc) is 2.82. The van der Waals surface area contributed by atoms with Gasteiger partial charge in [0.05, 0.1) is 10.8 Å². The molecule has 0 saturated carbocycles. The fourth-order valence-corrected chi connectivity index (χ4v) is 3.83. The zero-order chi connectivity index (χ0) is 12.3. The first-order valence-corrected chi connectivity index (χ1v) is 7.74. The van der Waals surface area contributed by atoms with E-state index >= 15 is 0 Å². The highest BCUT2D eigenvalue weighted by Crippen LogP contribution is 2.24. The first-order chi connectivity index (χ1) is 8.24. The van der Waals surface area contributed by atoms with Gasteiger partial charge in [-0.2, -0.15) is 0 Å². The van der Waals surface area contributed by atoms with Gasteiger partial charge in [0.1, 0.15) is 0 Å². The summed E-state index contributed by atoms with van der Waals surface area (Å²) in [7, 11) is 1.07. The van der Waals surface area contributed by atoms with Crippen LogP contribution in [0, 0.1) is 0 Å². The van der Waals surface area contributed by atoms with Crippen LogP contribution in [-0.4, -0.2) is 23.1 Å². The van der Waals surface area contributed by atoms with Gasteiger partial charge >= 0.3 is 0 Å². The predicted molar refractivity (Wildman–Crippen MR) is 72.9 cm³/mol. The molecular formula is C14H21NOS. The lowest BCUT2D eigenvalue weighted by molar-refractivity contribution is 0.590. The molecule has 2 nitrogen and oxygen atoms in total. The van der Waals surface area contributed by atoms with Gasteiger partial charge in [-0.1, -0.05) is 13.0 Å². The maximum absolute atomic E-state index is 12.2. The van der Waals surface area contributed by atoms with Gasteiger partial charge in [-0.25, -0.2) is 0 Å². The maximum atomic E-state index is 12.2. The zero-order valence-corrected chi connectivity index (χ0v) is 11.5. The molecule has 1 aliphatic carbocycles. The molecule has 0 radical (unpaired) electrons. The van der Waals surface area contributed by atoms with Crippen LogP contribution in [-0.2, 0) is 23.6 Å². The van der Waals surface area contributed by atoms with Crippen molar-refractivity contribution < 1.29 is 4.21 Å². The summed E-state index contributed by atoms with van der Waals surface area (Å²) in [5.74, 6) is 0.714. The Morgan fingerprint density at radius 1 is 1.35 bits per heavy atom. The minimum absolute atomic E-state index is 0.351. The van der Waals surface area contributed by atoms with Gasteiger partial charge in [0.15, 0.2) is 0 Å². The fraction of sp³-hybridized carbons (Fsp3) is 0.571. The van der Waals surface area contributed by atoms with Crippen molar-refractivity contribution in [3.05, 3.63) is 29.3 Å². The normalized spacial score (nSPS) is 17.8. The summed E-state index contributed by atoms with van der Waals surface area (Å²) in [4.78, 5) is 0.999. The first-order valence-electron chi connectivity index (χ1n) is 6.42. The van der Waals surface area contributed by atoms with Crippen molar-refractivity contribution in [3.8, 4) is 0 Å². The van der Waals surface area contributed by atoms with Gasteiger partial charge in [0.2, 0.25) is 0 Å². The smallest absolute Gasteiger partial charge is 0.0545 e. The van der Waals surface area contributed by atoms with Gasteiger partial charge in [-0.3, -0.25) is 4.21 Å². The molecule has 94 valence electrons. The van der Waals surface area contributed by atoms with Crippen LogP contribution in [0.25, 0.3) is 0 Å². The van der Waals surface area contributed by atoms with E-state index in [1.165, 1.54) is 24.0 Å². The largest absolute Gasteiger partial charge is 0.316 e. The lowest BCUT2D eigenvalue weighted by Crippen LogP contribution is -2.30. The SMILES string of the molecule is CCC(CS(=O)c1ccc2c(c1)CCC2)NC. The van der Waals surface area contributed by atoms with E-state index in [1.807, 2.05) is 13.1 Å². The molecule has 1 aromatic rings. The lowest BCUT2D eigenvalue weighted by Gasteiger charge is -2.13. The molecule has 2 rings (SSSR count). The molecule has 0 fully saturated rings. The highest BCUT2D eigenvalue weighted by Gasteiger charge is 2.15. The molecule has 0 aromatic heterocycles. The minimum Gasteiger partial charge on any atom is -0.316 e. The Morgan fingerprint density at radius 3 is 2.82 bits per heavy atom. The van der Waals surface area contributed by atoms with Crippen LogP contribution in [0.2, 0.25) is 0 Å². The molecule has 0 saturated heterocycles. The van der Waals surface area contributed by atoms with Crippen LogP contribution in [0.15, 0.2) is 23.1 Å². The van der Waals surface area contributed by atoms with Gasteiger partial charge < -0.3 is 5.32 Å². The standard InChI is InChI=1S/C14H21NOS/c1-3-13(15-2)10-17(16)14-8-7-11-5-4-6-12(11)9-14/h7-9,13,15H,3-6,10H2,1-2H3. The van der Waals surface area contributed by atoms with E-state index in [0.717, 1.165) is 17.7 Å². The second kappa shape index (κ2) is 5.78. The molecule has 0 aliphatic heterocycles. The lowest BCUT2D eigenvalue weighted by atomic mass is 10.1. The van der Waals surface area contributed by atoms with Crippen molar-refractivity contribution in [1.29, 1.82) is 0 Å². The quantitative estimate of drug-likeness (QED) is 0.870. The Hall–Kier alpha value is -0.670. The van der Waals surface area contributed by atoms with Crippen LogP contribution in [0.3, 0.4) is 0 Å². The third-order valence-electron chi connectivity index (χ3n) is 3.59. The number of benzene rings is 1. The summed E-state index contributed by atoms with van der Waals surface area (Å²) < 4.78 is 12.2. The predicted octanol–water partition coefficient (Wildman–Crippen LogP) is 2.28. The Morgan fingerprint density at radius 2 is 2.12 bits per heavy atom. The van der Waals surface area contributed by atoms with Gasteiger partial charge in [0, 0.05) is 16.7 Å². The molecule has 1 aromatic carbocycles. The number of hydrogen-bond acceptors (Lipinski definition) is 2. The van der Waals surface area contributed by atoms with Gasteiger partial charge in [-0.05, 0) is 56.0 Å². The average molecular weight is 251 g/mol. The van der Waals surface area contributed by atoms with E-state index in [9.17, 15) is 4.21 Å². The molecule has 1 N–H and O–H groups in total. The topological polar surface area (TPSA) is 29.1 Å². The van der Waals surface area contributed by atoms with Crippen molar-refractivity contribution in [2.24, 2.45) is 0 Å². The molecule has 0 spiro atoms. The van der Waals surface area contributed by atoms with E-state index in [0.29, 0.717) is 11.8 Å². The van der Waals surface area contributed by atoms with Crippen molar-refractivity contribution >= 4 is 10.8 Å². The van der Waals surface area contributed by atoms with Crippen LogP contribution >= 0.6 is 0 Å². The van der Waals surface area contributed by atoms with E-state index in [-0.39, 0.29) is 0 Å². The molecular weight excluding hydrogens is 230 g/mol. The molecule has 0 heterocycles. The summed E-state index contributed by atoms with van der Waals surface area (Å²) in [5, 5.41) is 3.21. The third-order valence-corrected chi connectivity index (χ3v) is 5.07. The second-order valence-electron chi connectivity index (χ2n) is 4.69. The highest BCUT2D eigenvalue weighted by atomic mass is 32.2. The van der Waals surface area contributed by atoms with E-state index in [4.69, 9.17) is 0 Å². The fourth-order valence-electron chi connectivity index (χ4n) is 2.37. The minimum atomic E-state index is -0.868. The van der Waals surface area contributed by atoms with E-state index in [2.05, 4.69) is 24.4 Å². The van der Waals surface area contributed by atoms with E-state index in [1.54, 1.807) is 0 Å². The van der Waals surface area contributed by atoms with Crippen molar-refractivity contribution in [2.75, 3.05) is 12.8 Å². The molecule has 2 atom stereocenters. The Labute approximate surface area is 106 Å². The number of fused-ring (bicyclic) bond motifs is 1. The molecule has 0 bridgehead atoms. The number of nitrogens with one attached hydrogen (secondary N) is 1. The molecule has 3 heteroatoms. The third kappa shape index (κ3) is 2.96. The summed E-state index contributed by atoms with van der Waals surface area (Å²) >= 11 is 0. The highest BCUT2D eigenvalue weighted by molar-refractivity contribution is 7.85. The van der Waals surface area contributed by atoms with Gasteiger partial charge in [-0.15, -0.1) is 0 Å². The summed E-state index contributed by atoms with van der Waals surface area (Å²) in [6.07, 6.45) is 4.62. The van der Waals surface area contributed by atoms with Crippen LogP contribution in [0.4, 0.5) is 0 Å². The van der Waals surface area contributed by atoms with Crippen LogP contribution in [0.1, 0.15) is 30.9 Å². The monoisotopic (exact) mass is 251 g/mol. The van der Waals surface area contributed by atoms with Crippen molar-refractivity contribution in [3.63, 3.8) is 0 Å². The number of aryl methyl sites for hydroxylation is 2. The number of hydrogen-bond donors (Lipinski definition) is 1. The Kier molecular flexibility index (Phi) is 4.35. The maximum Gasteiger partial charge on any atom is 0.0545 e. The molecule has 2 unspecified atom stereocenters. The zero-order valence-electron chi connectivity index (χ0n) is 10.7. The van der Waals surface area contributed by atoms with Crippen LogP contribution < -0.4 is 5.32 Å². The Balaban J connectivity index is 2.09. The molecule has 0 amide bonds. The van der Waals surface area contributed by atoms with Gasteiger partial charge in [0.25, 0.3) is 0 Å².